The quantitative estimate of drug-likeness (QED) is 0.861. The molecule has 1 unspecified atom stereocenters. The van der Waals surface area contributed by atoms with Crippen molar-refractivity contribution in [2.75, 3.05) is 13.6 Å². The van der Waals surface area contributed by atoms with Crippen LogP contribution in [0.3, 0.4) is 0 Å². The molecule has 3 nitrogen and oxygen atoms in total. The Kier molecular flexibility index (Phi) is 2.61. The van der Waals surface area contributed by atoms with Gasteiger partial charge in [0.05, 0.1) is 6.07 Å². The van der Waals surface area contributed by atoms with Crippen molar-refractivity contribution in [3.63, 3.8) is 0 Å². The summed E-state index contributed by atoms with van der Waals surface area (Å²) >= 11 is 0. The Balaban J connectivity index is 1.81. The molecule has 0 spiro atoms. The third-order valence-electron chi connectivity index (χ3n) is 5.19. The molecule has 1 aliphatic carbocycles. The molecule has 2 aliphatic rings. The molecule has 2 heterocycles. The van der Waals surface area contributed by atoms with Crippen LogP contribution in [0, 0.1) is 17.2 Å². The number of fused-ring (bicyclic) bond motifs is 2. The van der Waals surface area contributed by atoms with Crippen LogP contribution in [0.15, 0.2) is 24.4 Å². The molecule has 1 aromatic heterocycles. The lowest BCUT2D eigenvalue weighted by Gasteiger charge is -2.45. The number of aromatic nitrogens is 1. The highest BCUT2D eigenvalue weighted by molar-refractivity contribution is 5.88. The summed E-state index contributed by atoms with van der Waals surface area (Å²) in [6, 6.07) is 9.58. The van der Waals surface area contributed by atoms with Crippen LogP contribution in [-0.4, -0.2) is 29.5 Å². The molecule has 3 atom stereocenters. The molecular formula is C17H19N3. The number of nitriles is 1. The smallest absolute Gasteiger partial charge is 0.0625 e. The van der Waals surface area contributed by atoms with Crippen molar-refractivity contribution < 1.29 is 0 Å². The number of likely N-dealkylation sites (tertiary alicyclic amines) is 1. The van der Waals surface area contributed by atoms with Gasteiger partial charge >= 0.3 is 0 Å². The molecule has 102 valence electrons. The average Bonchev–Trinajstić information content (AvgIpc) is 2.86. The predicted octanol–water partition coefficient (Wildman–Crippen LogP) is 3.04. The highest BCUT2D eigenvalue weighted by atomic mass is 15.1. The second-order valence-corrected chi connectivity index (χ2v) is 6.37. The van der Waals surface area contributed by atoms with Gasteiger partial charge in [0.25, 0.3) is 0 Å². The van der Waals surface area contributed by atoms with Gasteiger partial charge in [-0.25, -0.2) is 0 Å². The van der Waals surface area contributed by atoms with E-state index in [0.717, 1.165) is 19.4 Å². The fourth-order valence-corrected chi connectivity index (χ4v) is 4.33. The molecule has 1 aromatic carbocycles. The Morgan fingerprint density at radius 1 is 1.45 bits per heavy atom. The highest BCUT2D eigenvalue weighted by Crippen LogP contribution is 2.44. The SMILES string of the molecule is CN1CC(CC#N)C[C@H]2c3cccc4[nH]cc(c34)C[C@@H]21. The van der Waals surface area contributed by atoms with Crippen LogP contribution in [0.5, 0.6) is 0 Å². The van der Waals surface area contributed by atoms with Crippen molar-refractivity contribution >= 4 is 10.9 Å². The molecule has 1 N–H and O–H groups in total. The standard InChI is InChI=1S/C17H19N3/c1-20-10-11(5-6-18)7-14-13-3-2-4-15-17(13)12(9-19-15)8-16(14)20/h2-4,9,11,14,16,19H,5,7-8,10H2,1H3/t11?,14-,16-/m0/s1. The second kappa shape index (κ2) is 4.36. The fraction of sp³-hybridized carbons (Fsp3) is 0.471. The fourth-order valence-electron chi connectivity index (χ4n) is 4.33. The summed E-state index contributed by atoms with van der Waals surface area (Å²) in [5, 5.41) is 10.4. The third-order valence-corrected chi connectivity index (χ3v) is 5.19. The van der Waals surface area contributed by atoms with Gasteiger partial charge in [-0.2, -0.15) is 5.26 Å². The summed E-state index contributed by atoms with van der Waals surface area (Å²) in [7, 11) is 2.22. The zero-order valence-electron chi connectivity index (χ0n) is 11.8. The highest BCUT2D eigenvalue weighted by Gasteiger charge is 2.39. The summed E-state index contributed by atoms with van der Waals surface area (Å²) in [5.41, 5.74) is 4.22. The molecule has 1 fully saturated rings. The van der Waals surface area contributed by atoms with E-state index in [1.807, 2.05) is 0 Å². The zero-order chi connectivity index (χ0) is 13.7. The Morgan fingerprint density at radius 2 is 2.35 bits per heavy atom. The average molecular weight is 265 g/mol. The largest absolute Gasteiger partial charge is 0.361 e. The number of likely N-dealkylation sites (N-methyl/N-ethyl adjacent to an activating group) is 1. The maximum atomic E-state index is 9.00. The molecule has 2 aromatic rings. The summed E-state index contributed by atoms with van der Waals surface area (Å²) in [4.78, 5) is 5.89. The maximum Gasteiger partial charge on any atom is 0.0625 e. The van der Waals surface area contributed by atoms with Crippen molar-refractivity contribution in [2.45, 2.75) is 31.2 Å². The third kappa shape index (κ3) is 1.61. The van der Waals surface area contributed by atoms with Gasteiger partial charge in [0.2, 0.25) is 0 Å². The van der Waals surface area contributed by atoms with Crippen molar-refractivity contribution in [1.82, 2.24) is 9.88 Å². The Hall–Kier alpha value is -1.79. The van der Waals surface area contributed by atoms with Crippen molar-refractivity contribution in [1.29, 1.82) is 5.26 Å². The number of hydrogen-bond acceptors (Lipinski definition) is 2. The molecule has 20 heavy (non-hydrogen) atoms. The lowest BCUT2D eigenvalue weighted by molar-refractivity contribution is 0.113. The van der Waals surface area contributed by atoms with Gasteiger partial charge in [-0.05, 0) is 43.0 Å². The minimum absolute atomic E-state index is 0.516. The number of rotatable bonds is 1. The molecule has 1 aliphatic heterocycles. The van der Waals surface area contributed by atoms with Gasteiger partial charge < -0.3 is 9.88 Å². The van der Waals surface area contributed by atoms with Crippen LogP contribution < -0.4 is 0 Å². The van der Waals surface area contributed by atoms with Crippen molar-refractivity contribution in [3.8, 4) is 6.07 Å². The Labute approximate surface area is 119 Å². The van der Waals surface area contributed by atoms with E-state index in [4.69, 9.17) is 5.26 Å². The lowest BCUT2D eigenvalue weighted by atomic mass is 9.72. The summed E-state index contributed by atoms with van der Waals surface area (Å²) in [6.07, 6.45) is 5.16. The summed E-state index contributed by atoms with van der Waals surface area (Å²) in [6.45, 7) is 1.06. The molecule has 3 heteroatoms. The van der Waals surface area contributed by atoms with E-state index < -0.39 is 0 Å². The molecular weight excluding hydrogens is 246 g/mol. The number of H-pyrrole nitrogens is 1. The normalized spacial score (nSPS) is 29.1. The minimum atomic E-state index is 0.516. The van der Waals surface area contributed by atoms with Gasteiger partial charge in [0, 0.05) is 42.0 Å². The van der Waals surface area contributed by atoms with Gasteiger partial charge in [0.15, 0.2) is 0 Å². The first-order valence-electron chi connectivity index (χ1n) is 7.44. The summed E-state index contributed by atoms with van der Waals surface area (Å²) in [5.74, 6) is 1.10. The van der Waals surface area contributed by atoms with Crippen LogP contribution in [0.25, 0.3) is 10.9 Å². The zero-order valence-corrected chi connectivity index (χ0v) is 11.8. The molecule has 0 amide bonds. The molecule has 4 rings (SSSR count). The molecule has 0 bridgehead atoms. The van der Waals surface area contributed by atoms with E-state index in [0.29, 0.717) is 24.3 Å². The number of nitrogens with one attached hydrogen (secondary N) is 1. The Bertz CT molecular complexity index is 694. The summed E-state index contributed by atoms with van der Waals surface area (Å²) < 4.78 is 0. The van der Waals surface area contributed by atoms with E-state index in [-0.39, 0.29) is 0 Å². The van der Waals surface area contributed by atoms with E-state index >= 15 is 0 Å². The van der Waals surface area contributed by atoms with Crippen LogP contribution in [-0.2, 0) is 6.42 Å². The molecule has 0 saturated carbocycles. The molecule has 1 saturated heterocycles. The van der Waals surface area contributed by atoms with E-state index in [2.05, 4.69) is 47.4 Å². The van der Waals surface area contributed by atoms with E-state index in [9.17, 15) is 0 Å². The monoisotopic (exact) mass is 265 g/mol. The van der Waals surface area contributed by atoms with Gasteiger partial charge in [0.1, 0.15) is 0 Å². The van der Waals surface area contributed by atoms with Crippen molar-refractivity contribution in [2.24, 2.45) is 5.92 Å². The first-order valence-corrected chi connectivity index (χ1v) is 7.44. The van der Waals surface area contributed by atoms with Crippen LogP contribution in [0.2, 0.25) is 0 Å². The van der Waals surface area contributed by atoms with Crippen LogP contribution in [0.4, 0.5) is 0 Å². The van der Waals surface area contributed by atoms with Gasteiger partial charge in [-0.1, -0.05) is 12.1 Å². The Morgan fingerprint density at radius 3 is 3.20 bits per heavy atom. The number of piperidine rings is 1. The number of hydrogen-bond donors (Lipinski definition) is 1. The van der Waals surface area contributed by atoms with Gasteiger partial charge in [-0.15, -0.1) is 0 Å². The number of nitrogens with zero attached hydrogens (tertiary/aromatic N) is 2. The number of aromatic amines is 1. The first kappa shape index (κ1) is 12.0. The predicted molar refractivity (Wildman–Crippen MR) is 79.5 cm³/mol. The topological polar surface area (TPSA) is 42.8 Å². The minimum Gasteiger partial charge on any atom is -0.361 e. The second-order valence-electron chi connectivity index (χ2n) is 6.37. The van der Waals surface area contributed by atoms with Crippen LogP contribution in [0.1, 0.15) is 29.9 Å². The molecule has 0 radical (unpaired) electrons. The lowest BCUT2D eigenvalue weighted by Crippen LogP contribution is -2.47. The van der Waals surface area contributed by atoms with E-state index in [1.54, 1.807) is 0 Å². The maximum absolute atomic E-state index is 9.00. The first-order chi connectivity index (χ1) is 9.78. The van der Waals surface area contributed by atoms with Crippen LogP contribution >= 0.6 is 0 Å². The van der Waals surface area contributed by atoms with E-state index in [1.165, 1.54) is 22.0 Å². The van der Waals surface area contributed by atoms with Gasteiger partial charge in [-0.3, -0.25) is 0 Å². The number of benzene rings is 1. The van der Waals surface area contributed by atoms with Crippen molar-refractivity contribution in [3.05, 3.63) is 35.5 Å².